The van der Waals surface area contributed by atoms with Gasteiger partial charge in [0.25, 0.3) is 5.56 Å². The molecule has 2 N–H and O–H groups in total. The van der Waals surface area contributed by atoms with Gasteiger partial charge >= 0.3 is 0 Å². The molecule has 3 heterocycles. The van der Waals surface area contributed by atoms with E-state index in [-0.39, 0.29) is 17.5 Å². The highest BCUT2D eigenvalue weighted by molar-refractivity contribution is 5.95. The number of para-hydroxylation sites is 1. The minimum absolute atomic E-state index is 0.242. The SMILES string of the molecule is O=c1c2c[nH]c3cc(N4CCC(O)CC4)c(F)cc3c-2nn1-c1ccccc1. The van der Waals surface area contributed by atoms with Crippen molar-refractivity contribution in [3.8, 4) is 16.9 Å². The first-order valence-corrected chi connectivity index (χ1v) is 9.34. The monoisotopic (exact) mass is 378 g/mol. The number of aliphatic hydroxyl groups excluding tert-OH is 1. The van der Waals surface area contributed by atoms with E-state index < -0.39 is 0 Å². The lowest BCUT2D eigenvalue weighted by atomic mass is 10.0. The third-order valence-corrected chi connectivity index (χ3v) is 5.40. The van der Waals surface area contributed by atoms with Crippen molar-refractivity contribution in [1.29, 1.82) is 0 Å². The zero-order valence-electron chi connectivity index (χ0n) is 15.1. The number of hydrogen-bond donors (Lipinski definition) is 2. The topological polar surface area (TPSA) is 74.2 Å². The number of piperidine rings is 1. The van der Waals surface area contributed by atoms with Gasteiger partial charge in [0, 0.05) is 30.2 Å². The number of rotatable bonds is 2. The van der Waals surface area contributed by atoms with Crippen LogP contribution in [0.1, 0.15) is 12.8 Å². The number of anilines is 1. The van der Waals surface area contributed by atoms with Crippen LogP contribution in [0.25, 0.3) is 27.8 Å². The second kappa shape index (κ2) is 6.45. The van der Waals surface area contributed by atoms with E-state index in [1.165, 1.54) is 10.7 Å². The lowest BCUT2D eigenvalue weighted by Gasteiger charge is -2.31. The molecule has 28 heavy (non-hydrogen) atoms. The van der Waals surface area contributed by atoms with Crippen molar-refractivity contribution >= 4 is 16.6 Å². The largest absolute Gasteiger partial charge is 0.393 e. The Morgan fingerprint density at radius 3 is 2.64 bits per heavy atom. The summed E-state index contributed by atoms with van der Waals surface area (Å²) in [5.41, 5.74) is 2.54. The van der Waals surface area contributed by atoms with Gasteiger partial charge in [-0.05, 0) is 37.1 Å². The van der Waals surface area contributed by atoms with Crippen molar-refractivity contribution in [2.45, 2.75) is 18.9 Å². The zero-order chi connectivity index (χ0) is 19.3. The quantitative estimate of drug-likeness (QED) is 0.563. The van der Waals surface area contributed by atoms with E-state index in [0.29, 0.717) is 59.5 Å². The maximum Gasteiger partial charge on any atom is 0.282 e. The van der Waals surface area contributed by atoms with Crippen LogP contribution in [-0.2, 0) is 0 Å². The van der Waals surface area contributed by atoms with Gasteiger partial charge in [-0.1, -0.05) is 18.2 Å². The number of aromatic nitrogens is 3. The fourth-order valence-corrected chi connectivity index (χ4v) is 3.86. The molecule has 142 valence electrons. The summed E-state index contributed by atoms with van der Waals surface area (Å²) in [6, 6.07) is 12.4. The van der Waals surface area contributed by atoms with Crippen molar-refractivity contribution in [1.82, 2.24) is 14.8 Å². The van der Waals surface area contributed by atoms with E-state index in [2.05, 4.69) is 10.1 Å². The molecule has 2 aromatic carbocycles. The van der Waals surface area contributed by atoms with Gasteiger partial charge < -0.3 is 15.0 Å². The second-order valence-corrected chi connectivity index (χ2v) is 7.17. The van der Waals surface area contributed by atoms with Crippen molar-refractivity contribution < 1.29 is 9.50 Å². The van der Waals surface area contributed by atoms with Crippen LogP contribution in [0.4, 0.5) is 10.1 Å². The molecule has 0 aliphatic carbocycles. The first-order chi connectivity index (χ1) is 13.6. The Hall–Kier alpha value is -3.19. The van der Waals surface area contributed by atoms with Gasteiger partial charge in [-0.15, -0.1) is 0 Å². The predicted octanol–water partition coefficient (Wildman–Crippen LogP) is 2.92. The van der Waals surface area contributed by atoms with Crippen LogP contribution in [0.2, 0.25) is 0 Å². The predicted molar refractivity (Wildman–Crippen MR) is 106 cm³/mol. The van der Waals surface area contributed by atoms with Crippen molar-refractivity contribution in [2.24, 2.45) is 0 Å². The van der Waals surface area contributed by atoms with Gasteiger partial charge in [-0.25, -0.2) is 4.39 Å². The van der Waals surface area contributed by atoms with E-state index in [0.717, 1.165) is 0 Å². The third kappa shape index (κ3) is 2.66. The van der Waals surface area contributed by atoms with E-state index in [1.807, 2.05) is 35.2 Å². The molecule has 6 nitrogen and oxygen atoms in total. The molecule has 1 saturated heterocycles. The molecule has 0 aromatic heterocycles. The number of benzene rings is 2. The summed E-state index contributed by atoms with van der Waals surface area (Å²) in [5.74, 6) is -0.355. The molecule has 1 fully saturated rings. The number of fused-ring (bicyclic) bond motifs is 3. The molecular weight excluding hydrogens is 359 g/mol. The fourth-order valence-electron chi connectivity index (χ4n) is 3.86. The van der Waals surface area contributed by atoms with Gasteiger partial charge in [-0.2, -0.15) is 9.78 Å². The maximum absolute atomic E-state index is 14.9. The number of pyridine rings is 1. The summed E-state index contributed by atoms with van der Waals surface area (Å²) >= 11 is 0. The smallest absolute Gasteiger partial charge is 0.282 e. The summed E-state index contributed by atoms with van der Waals surface area (Å²) in [7, 11) is 0. The van der Waals surface area contributed by atoms with Crippen molar-refractivity contribution in [3.05, 3.63) is 64.8 Å². The van der Waals surface area contributed by atoms with Gasteiger partial charge in [0.2, 0.25) is 0 Å². The average molecular weight is 378 g/mol. The van der Waals surface area contributed by atoms with E-state index in [1.54, 1.807) is 12.3 Å². The molecule has 2 aromatic rings. The lowest BCUT2D eigenvalue weighted by Crippen LogP contribution is -2.36. The zero-order valence-corrected chi connectivity index (χ0v) is 15.1. The highest BCUT2D eigenvalue weighted by Gasteiger charge is 2.23. The van der Waals surface area contributed by atoms with Crippen molar-refractivity contribution in [2.75, 3.05) is 18.0 Å². The van der Waals surface area contributed by atoms with Gasteiger partial charge in [0.1, 0.15) is 11.5 Å². The molecule has 7 heteroatoms. The molecule has 5 rings (SSSR count). The molecule has 0 unspecified atom stereocenters. The standard InChI is InChI=1S/C21H19FN4O2/c22-17-10-15-18(11-19(17)25-8-6-14(27)7-9-25)23-12-16-20(15)24-26(21(16)28)13-4-2-1-3-5-13/h1-5,10-12,14,23,27H,6-9H2. The number of aliphatic hydroxyl groups is 1. The van der Waals surface area contributed by atoms with Gasteiger partial charge in [0.05, 0.1) is 23.0 Å². The molecule has 0 spiro atoms. The number of halogens is 1. The van der Waals surface area contributed by atoms with Gasteiger partial charge in [-0.3, -0.25) is 4.79 Å². The van der Waals surface area contributed by atoms with Crippen LogP contribution in [0.5, 0.6) is 0 Å². The molecular formula is C21H19FN4O2. The lowest BCUT2D eigenvalue weighted by molar-refractivity contribution is 0.145. The summed E-state index contributed by atoms with van der Waals surface area (Å²) < 4.78 is 16.3. The first-order valence-electron chi connectivity index (χ1n) is 9.34. The number of H-pyrrole nitrogens is 1. The summed E-state index contributed by atoms with van der Waals surface area (Å²) in [5, 5.41) is 14.7. The Kier molecular flexibility index (Phi) is 3.91. The molecule has 0 radical (unpaired) electrons. The highest BCUT2D eigenvalue weighted by atomic mass is 19.1. The summed E-state index contributed by atoms with van der Waals surface area (Å²) in [6.45, 7) is 1.22. The fraction of sp³-hybridized carbons (Fsp3) is 0.238. The number of hydrogen-bond acceptors (Lipinski definition) is 4. The Morgan fingerprint density at radius 1 is 1.14 bits per heavy atom. The van der Waals surface area contributed by atoms with E-state index in [9.17, 15) is 14.3 Å². The van der Waals surface area contributed by atoms with Crippen LogP contribution >= 0.6 is 0 Å². The Labute approximate surface area is 160 Å². The molecule has 0 saturated carbocycles. The molecule has 3 aliphatic rings. The number of nitrogens with zero attached hydrogens (tertiary/aromatic N) is 3. The van der Waals surface area contributed by atoms with Crippen LogP contribution < -0.4 is 10.5 Å². The first kappa shape index (κ1) is 16.9. The normalized spacial score (nSPS) is 15.6. The molecule has 0 amide bonds. The highest BCUT2D eigenvalue weighted by Crippen LogP contribution is 2.32. The van der Waals surface area contributed by atoms with E-state index >= 15 is 0 Å². The molecule has 3 aliphatic heterocycles. The minimum Gasteiger partial charge on any atom is -0.393 e. The van der Waals surface area contributed by atoms with Crippen LogP contribution in [-0.4, -0.2) is 39.1 Å². The molecule has 0 bridgehead atoms. The maximum atomic E-state index is 14.9. The van der Waals surface area contributed by atoms with E-state index in [4.69, 9.17) is 0 Å². The Bertz CT molecular complexity index is 1180. The number of aromatic amines is 1. The van der Waals surface area contributed by atoms with Crippen LogP contribution in [0, 0.1) is 5.82 Å². The average Bonchev–Trinajstić information content (AvgIpc) is 3.06. The minimum atomic E-state index is -0.355. The Morgan fingerprint density at radius 2 is 1.89 bits per heavy atom. The Balaban J connectivity index is 1.65. The number of nitrogens with one attached hydrogen (secondary N) is 1. The summed E-state index contributed by atoms with van der Waals surface area (Å²) in [6.07, 6.45) is 2.57. The molecule has 0 atom stereocenters. The van der Waals surface area contributed by atoms with Crippen molar-refractivity contribution in [3.63, 3.8) is 0 Å². The second-order valence-electron chi connectivity index (χ2n) is 7.17. The van der Waals surface area contributed by atoms with Gasteiger partial charge in [0.15, 0.2) is 0 Å². The van der Waals surface area contributed by atoms with Crippen LogP contribution in [0.15, 0.2) is 53.5 Å². The summed E-state index contributed by atoms with van der Waals surface area (Å²) in [4.78, 5) is 17.8. The van der Waals surface area contributed by atoms with Crippen LogP contribution in [0.3, 0.4) is 0 Å². The third-order valence-electron chi connectivity index (χ3n) is 5.40.